The lowest BCUT2D eigenvalue weighted by molar-refractivity contribution is -0.215. The fourth-order valence-corrected chi connectivity index (χ4v) is 8.98. The summed E-state index contributed by atoms with van der Waals surface area (Å²) >= 11 is 0. The van der Waals surface area contributed by atoms with Crippen LogP contribution in [0.2, 0.25) is 0 Å². The molecule has 0 spiro atoms. The number of amides is 1. The van der Waals surface area contributed by atoms with E-state index in [1.165, 1.54) is 0 Å². The zero-order valence-electron chi connectivity index (χ0n) is 25.7. The molecule has 0 atom stereocenters. The molecule has 1 amide bonds. The Balaban J connectivity index is 0.971. The second kappa shape index (κ2) is 8.77. The van der Waals surface area contributed by atoms with Gasteiger partial charge in [0.2, 0.25) is 23.5 Å². The maximum Gasteiger partial charge on any atom is 0.237 e. The van der Waals surface area contributed by atoms with E-state index in [2.05, 4.69) is 24.2 Å². The first kappa shape index (κ1) is 27.2. The van der Waals surface area contributed by atoms with Crippen molar-refractivity contribution in [1.29, 1.82) is 0 Å². The molecular formula is C34H40FN5O4. The van der Waals surface area contributed by atoms with Crippen molar-refractivity contribution in [3.8, 4) is 11.4 Å². The maximum absolute atomic E-state index is 14.4. The van der Waals surface area contributed by atoms with Crippen LogP contribution in [0.3, 0.4) is 0 Å². The van der Waals surface area contributed by atoms with Gasteiger partial charge in [-0.05, 0) is 101 Å². The molecule has 2 aromatic heterocycles. The molecule has 1 saturated heterocycles. The molecule has 7 saturated carbocycles. The predicted octanol–water partition coefficient (Wildman–Crippen LogP) is 6.37. The van der Waals surface area contributed by atoms with E-state index >= 15 is 0 Å². The van der Waals surface area contributed by atoms with E-state index in [0.29, 0.717) is 63.0 Å². The van der Waals surface area contributed by atoms with Gasteiger partial charge in [-0.2, -0.15) is 9.97 Å². The lowest BCUT2D eigenvalue weighted by atomic mass is 9.41. The molecule has 9 nitrogen and oxygen atoms in total. The summed E-state index contributed by atoms with van der Waals surface area (Å²) in [4.78, 5) is 25.8. The van der Waals surface area contributed by atoms with Crippen LogP contribution in [0.1, 0.15) is 109 Å². The summed E-state index contributed by atoms with van der Waals surface area (Å²) in [5.74, 6) is 2.87. The molecule has 7 aliphatic carbocycles. The van der Waals surface area contributed by atoms with Crippen molar-refractivity contribution in [1.82, 2.24) is 20.3 Å². The molecule has 1 aliphatic heterocycles. The predicted molar refractivity (Wildman–Crippen MR) is 158 cm³/mol. The first-order valence-corrected chi connectivity index (χ1v) is 16.4. The van der Waals surface area contributed by atoms with Gasteiger partial charge in [0.05, 0.1) is 18.6 Å². The molecule has 232 valence electrons. The third kappa shape index (κ3) is 4.08. The first-order valence-electron chi connectivity index (χ1n) is 16.4. The number of carbonyl (C=O) groups excluding carboxylic acids is 1. The second-order valence-corrected chi connectivity index (χ2v) is 16.1. The Morgan fingerprint density at radius 1 is 0.864 bits per heavy atom. The lowest BCUT2D eigenvalue weighted by Crippen LogP contribution is -2.65. The molecule has 8 aliphatic rings. The van der Waals surface area contributed by atoms with Crippen LogP contribution in [0, 0.1) is 10.8 Å². The van der Waals surface area contributed by atoms with Gasteiger partial charge in [0.25, 0.3) is 0 Å². The minimum atomic E-state index is -1.02. The number of ether oxygens (including phenoxy) is 1. The van der Waals surface area contributed by atoms with E-state index in [0.717, 1.165) is 68.4 Å². The van der Waals surface area contributed by atoms with Crippen molar-refractivity contribution in [3.05, 3.63) is 41.9 Å². The van der Waals surface area contributed by atoms with Crippen LogP contribution in [0.15, 0.2) is 33.3 Å². The summed E-state index contributed by atoms with van der Waals surface area (Å²) in [5, 5.41) is 8.77. The Labute approximate surface area is 256 Å². The van der Waals surface area contributed by atoms with Gasteiger partial charge in [0.1, 0.15) is 5.67 Å². The number of nitrogens with zero attached hydrogens (tertiary/aromatic N) is 5. The van der Waals surface area contributed by atoms with E-state index in [-0.39, 0.29) is 33.0 Å². The fourth-order valence-electron chi connectivity index (χ4n) is 8.98. The zero-order chi connectivity index (χ0) is 30.0. The molecule has 8 fully saturated rings. The number of carbonyl (C=O) groups is 1. The molecule has 11 rings (SSSR count). The Bertz CT molecular complexity index is 1610. The van der Waals surface area contributed by atoms with Gasteiger partial charge < -0.3 is 18.7 Å². The Kier molecular flexibility index (Phi) is 5.42. The molecular weight excluding hydrogens is 561 g/mol. The van der Waals surface area contributed by atoms with Crippen LogP contribution in [0.4, 0.5) is 10.1 Å². The van der Waals surface area contributed by atoms with Crippen molar-refractivity contribution in [2.45, 2.75) is 113 Å². The van der Waals surface area contributed by atoms with Crippen LogP contribution >= 0.6 is 0 Å². The Morgan fingerprint density at radius 3 is 2.18 bits per heavy atom. The number of anilines is 1. The van der Waals surface area contributed by atoms with Gasteiger partial charge >= 0.3 is 0 Å². The molecule has 1 aromatic carbocycles. The SMILES string of the molecule is CC1(c2nc(-c3cccc(N(CC45CCC(c6noc(C7(C)COC7)n6)(CC4)CC5)C(=O)CC45CC(F)(C4)C5)c3)no2)CC1. The van der Waals surface area contributed by atoms with Gasteiger partial charge in [0, 0.05) is 35.0 Å². The lowest BCUT2D eigenvalue weighted by Gasteiger charge is -2.66. The monoisotopic (exact) mass is 601 g/mol. The van der Waals surface area contributed by atoms with E-state index in [9.17, 15) is 9.18 Å². The van der Waals surface area contributed by atoms with Crippen LogP contribution in [-0.4, -0.2) is 51.6 Å². The minimum Gasteiger partial charge on any atom is -0.379 e. The molecule has 4 bridgehead atoms. The highest BCUT2D eigenvalue weighted by molar-refractivity contribution is 5.94. The summed E-state index contributed by atoms with van der Waals surface area (Å²) in [5.41, 5.74) is 0.295. The highest BCUT2D eigenvalue weighted by Crippen LogP contribution is 2.71. The van der Waals surface area contributed by atoms with Crippen molar-refractivity contribution >= 4 is 11.6 Å². The maximum atomic E-state index is 14.4. The van der Waals surface area contributed by atoms with Crippen molar-refractivity contribution in [2.75, 3.05) is 24.7 Å². The van der Waals surface area contributed by atoms with Gasteiger partial charge in [0.15, 0.2) is 5.82 Å². The molecule has 44 heavy (non-hydrogen) atoms. The average Bonchev–Trinajstić information content (AvgIpc) is 3.37. The average molecular weight is 602 g/mol. The third-order valence-electron chi connectivity index (χ3n) is 12.4. The highest BCUT2D eigenvalue weighted by Gasteiger charge is 2.69. The topological polar surface area (TPSA) is 107 Å². The number of aromatic nitrogens is 4. The number of benzene rings is 1. The van der Waals surface area contributed by atoms with E-state index in [1.54, 1.807) is 0 Å². The summed E-state index contributed by atoms with van der Waals surface area (Å²) in [6, 6.07) is 8.00. The van der Waals surface area contributed by atoms with Crippen LogP contribution < -0.4 is 4.90 Å². The Morgan fingerprint density at radius 2 is 1.55 bits per heavy atom. The van der Waals surface area contributed by atoms with Crippen molar-refractivity contribution < 1.29 is 23.0 Å². The molecule has 10 heteroatoms. The highest BCUT2D eigenvalue weighted by atomic mass is 19.1. The largest absolute Gasteiger partial charge is 0.379 e. The molecule has 3 heterocycles. The summed E-state index contributed by atoms with van der Waals surface area (Å²) < 4.78 is 31.2. The Hall–Kier alpha value is -3.14. The zero-order valence-corrected chi connectivity index (χ0v) is 25.7. The van der Waals surface area contributed by atoms with Gasteiger partial charge in [-0.15, -0.1) is 0 Å². The standard InChI is InChI=1S/C34H40FN5O4/c1-29(6-7-29)27-36-25(38-43-27)22-4-3-5-23(14-22)40(24(41)15-32-16-34(35,17-32)18-32)19-31-8-11-33(12-9-31,13-10-31)26-37-28(44-39-26)30(2)20-42-21-30/h3-5,14H,6-13,15-21H2,1-2H3. The second-order valence-electron chi connectivity index (χ2n) is 16.1. The van der Waals surface area contributed by atoms with E-state index in [4.69, 9.17) is 23.8 Å². The van der Waals surface area contributed by atoms with Crippen molar-refractivity contribution in [2.24, 2.45) is 10.8 Å². The molecule has 3 aromatic rings. The summed E-state index contributed by atoms with van der Waals surface area (Å²) in [7, 11) is 0. The third-order valence-corrected chi connectivity index (χ3v) is 12.4. The van der Waals surface area contributed by atoms with Crippen molar-refractivity contribution in [3.63, 3.8) is 0 Å². The quantitative estimate of drug-likeness (QED) is 0.279. The number of rotatable bonds is 9. The minimum absolute atomic E-state index is 0.00958. The van der Waals surface area contributed by atoms with Gasteiger partial charge in [-0.25, -0.2) is 4.39 Å². The molecule has 0 unspecified atom stereocenters. The fraction of sp³-hybridized carbons (Fsp3) is 0.676. The first-order chi connectivity index (χ1) is 21.0. The number of hydrogen-bond acceptors (Lipinski definition) is 8. The van der Waals surface area contributed by atoms with E-state index in [1.807, 2.05) is 29.2 Å². The number of fused-ring (bicyclic) bond motifs is 3. The normalized spacial score (nSPS) is 35.3. The summed E-state index contributed by atoms with van der Waals surface area (Å²) in [6.07, 6.45) is 10.1. The number of alkyl halides is 1. The van der Waals surface area contributed by atoms with Crippen LogP contribution in [0.5, 0.6) is 0 Å². The molecule has 0 N–H and O–H groups in total. The summed E-state index contributed by atoms with van der Waals surface area (Å²) in [6.45, 7) is 6.17. The smallest absolute Gasteiger partial charge is 0.237 e. The van der Waals surface area contributed by atoms with Gasteiger partial charge in [-0.3, -0.25) is 4.79 Å². The van der Waals surface area contributed by atoms with Crippen LogP contribution in [-0.2, 0) is 25.8 Å². The van der Waals surface area contributed by atoms with E-state index < -0.39 is 5.67 Å². The number of halogens is 1. The molecule has 0 radical (unpaired) electrons. The van der Waals surface area contributed by atoms with Gasteiger partial charge in [-0.1, -0.05) is 29.4 Å². The van der Waals surface area contributed by atoms with Crippen LogP contribution in [0.25, 0.3) is 11.4 Å². The number of hydrogen-bond donors (Lipinski definition) is 0.